The summed E-state index contributed by atoms with van der Waals surface area (Å²) in [5, 5.41) is 12.1. The number of nitriles is 1. The van der Waals surface area contributed by atoms with E-state index in [1.54, 1.807) is 23.5 Å². The summed E-state index contributed by atoms with van der Waals surface area (Å²) >= 11 is 1.69. The fourth-order valence-corrected chi connectivity index (χ4v) is 2.63. The molecular formula is C14H13FN2S. The van der Waals surface area contributed by atoms with Crippen LogP contribution in [0.15, 0.2) is 30.3 Å². The summed E-state index contributed by atoms with van der Waals surface area (Å²) in [5.41, 5.74) is 0.605. The van der Waals surface area contributed by atoms with Gasteiger partial charge in [0.15, 0.2) is 0 Å². The highest BCUT2D eigenvalue weighted by Crippen LogP contribution is 2.27. The molecule has 18 heavy (non-hydrogen) atoms. The van der Waals surface area contributed by atoms with E-state index >= 15 is 0 Å². The van der Waals surface area contributed by atoms with E-state index < -0.39 is 5.82 Å². The monoisotopic (exact) mass is 260 g/mol. The van der Waals surface area contributed by atoms with E-state index in [2.05, 4.69) is 11.4 Å². The van der Waals surface area contributed by atoms with Crippen molar-refractivity contribution in [3.63, 3.8) is 0 Å². The molecule has 1 aromatic carbocycles. The molecule has 1 aromatic heterocycles. The first kappa shape index (κ1) is 12.6. The van der Waals surface area contributed by atoms with E-state index in [-0.39, 0.29) is 11.6 Å². The second kappa shape index (κ2) is 5.19. The van der Waals surface area contributed by atoms with Crippen LogP contribution >= 0.6 is 11.3 Å². The van der Waals surface area contributed by atoms with Gasteiger partial charge in [-0.1, -0.05) is 6.07 Å². The Labute approximate surface area is 110 Å². The summed E-state index contributed by atoms with van der Waals surface area (Å²) in [4.78, 5) is 2.40. The van der Waals surface area contributed by atoms with Crippen molar-refractivity contribution in [3.05, 3.63) is 51.5 Å². The Kier molecular flexibility index (Phi) is 3.63. The molecule has 0 amide bonds. The summed E-state index contributed by atoms with van der Waals surface area (Å²) in [6, 6.07) is 10.7. The maximum absolute atomic E-state index is 13.4. The Balaban J connectivity index is 2.25. The minimum Gasteiger partial charge on any atom is -0.377 e. The molecule has 1 atom stereocenters. The van der Waals surface area contributed by atoms with Crippen LogP contribution in [0.3, 0.4) is 0 Å². The zero-order valence-corrected chi connectivity index (χ0v) is 11.0. The largest absolute Gasteiger partial charge is 0.377 e. The van der Waals surface area contributed by atoms with Crippen molar-refractivity contribution in [2.75, 3.05) is 5.32 Å². The van der Waals surface area contributed by atoms with Crippen molar-refractivity contribution in [2.24, 2.45) is 0 Å². The van der Waals surface area contributed by atoms with Gasteiger partial charge in [-0.05, 0) is 38.1 Å². The summed E-state index contributed by atoms with van der Waals surface area (Å²) in [5.74, 6) is -0.489. The molecule has 92 valence electrons. The SMILES string of the molecule is Cc1ccc(C(C)Nc2cccc(F)c2C#N)s1. The molecule has 2 aromatic rings. The van der Waals surface area contributed by atoms with Gasteiger partial charge in [-0.25, -0.2) is 4.39 Å². The predicted octanol–water partition coefficient (Wildman–Crippen LogP) is 4.24. The third-order valence-corrected chi connectivity index (χ3v) is 3.87. The lowest BCUT2D eigenvalue weighted by atomic mass is 10.1. The van der Waals surface area contributed by atoms with E-state index in [0.29, 0.717) is 5.69 Å². The van der Waals surface area contributed by atoms with Gasteiger partial charge < -0.3 is 5.32 Å². The van der Waals surface area contributed by atoms with Crippen LogP contribution in [0.4, 0.5) is 10.1 Å². The highest BCUT2D eigenvalue weighted by Gasteiger charge is 2.12. The van der Waals surface area contributed by atoms with Crippen molar-refractivity contribution >= 4 is 17.0 Å². The van der Waals surface area contributed by atoms with E-state index in [4.69, 9.17) is 5.26 Å². The topological polar surface area (TPSA) is 35.8 Å². The molecule has 0 saturated heterocycles. The van der Waals surface area contributed by atoms with Gasteiger partial charge in [0.05, 0.1) is 11.7 Å². The van der Waals surface area contributed by atoms with E-state index in [1.807, 2.05) is 26.0 Å². The lowest BCUT2D eigenvalue weighted by Crippen LogP contribution is -2.07. The minimum atomic E-state index is -0.489. The number of anilines is 1. The number of nitrogens with one attached hydrogen (secondary N) is 1. The van der Waals surface area contributed by atoms with Crippen molar-refractivity contribution in [1.82, 2.24) is 0 Å². The molecule has 0 bridgehead atoms. The molecule has 1 unspecified atom stereocenters. The molecule has 1 heterocycles. The van der Waals surface area contributed by atoms with Gasteiger partial charge in [-0.15, -0.1) is 11.3 Å². The highest BCUT2D eigenvalue weighted by atomic mass is 32.1. The Morgan fingerprint density at radius 2 is 2.11 bits per heavy atom. The van der Waals surface area contributed by atoms with Gasteiger partial charge in [0.25, 0.3) is 0 Å². The standard InChI is InChI=1S/C14H13FN2S/c1-9-6-7-14(18-9)10(2)17-13-5-3-4-12(15)11(13)8-16/h3-7,10,17H,1-2H3. The lowest BCUT2D eigenvalue weighted by molar-refractivity contribution is 0.624. The van der Waals surface area contributed by atoms with E-state index in [0.717, 1.165) is 0 Å². The zero-order chi connectivity index (χ0) is 13.1. The molecule has 0 radical (unpaired) electrons. The molecule has 2 rings (SSSR count). The Hall–Kier alpha value is -1.86. The number of halogens is 1. The summed E-state index contributed by atoms with van der Waals surface area (Å²) in [6.07, 6.45) is 0. The fourth-order valence-electron chi connectivity index (χ4n) is 1.75. The molecule has 0 aliphatic rings. The first-order valence-electron chi connectivity index (χ1n) is 5.63. The summed E-state index contributed by atoms with van der Waals surface area (Å²) in [6.45, 7) is 4.04. The smallest absolute Gasteiger partial charge is 0.143 e. The van der Waals surface area contributed by atoms with Gasteiger partial charge in [-0.2, -0.15) is 5.26 Å². The molecular weight excluding hydrogens is 247 g/mol. The molecule has 0 aliphatic carbocycles. The van der Waals surface area contributed by atoms with Gasteiger partial charge in [0, 0.05) is 9.75 Å². The van der Waals surface area contributed by atoms with Gasteiger partial charge in [0.1, 0.15) is 17.4 Å². The molecule has 1 N–H and O–H groups in total. The van der Waals surface area contributed by atoms with Crippen LogP contribution in [0.5, 0.6) is 0 Å². The molecule has 0 spiro atoms. The predicted molar refractivity (Wildman–Crippen MR) is 72.2 cm³/mol. The minimum absolute atomic E-state index is 0.0533. The normalized spacial score (nSPS) is 11.9. The van der Waals surface area contributed by atoms with Crippen LogP contribution in [-0.2, 0) is 0 Å². The summed E-state index contributed by atoms with van der Waals surface area (Å²) < 4.78 is 13.4. The van der Waals surface area contributed by atoms with E-state index in [1.165, 1.54) is 15.8 Å². The molecule has 0 saturated carbocycles. The summed E-state index contributed by atoms with van der Waals surface area (Å²) in [7, 11) is 0. The maximum Gasteiger partial charge on any atom is 0.143 e. The van der Waals surface area contributed by atoms with Crippen molar-refractivity contribution in [1.29, 1.82) is 5.26 Å². The van der Waals surface area contributed by atoms with Crippen molar-refractivity contribution < 1.29 is 4.39 Å². The third kappa shape index (κ3) is 2.52. The number of hydrogen-bond donors (Lipinski definition) is 1. The highest BCUT2D eigenvalue weighted by molar-refractivity contribution is 7.12. The number of rotatable bonds is 3. The first-order chi connectivity index (χ1) is 8.61. The number of aryl methyl sites for hydroxylation is 1. The average molecular weight is 260 g/mol. The Bertz CT molecular complexity index is 598. The van der Waals surface area contributed by atoms with Crippen LogP contribution in [0.1, 0.15) is 28.3 Å². The first-order valence-corrected chi connectivity index (χ1v) is 6.45. The third-order valence-electron chi connectivity index (χ3n) is 2.69. The van der Waals surface area contributed by atoms with Crippen LogP contribution < -0.4 is 5.32 Å². The second-order valence-corrected chi connectivity index (χ2v) is 5.41. The van der Waals surface area contributed by atoms with E-state index in [9.17, 15) is 4.39 Å². The lowest BCUT2D eigenvalue weighted by Gasteiger charge is -2.15. The quantitative estimate of drug-likeness (QED) is 0.896. The number of benzene rings is 1. The fraction of sp³-hybridized carbons (Fsp3) is 0.214. The zero-order valence-electron chi connectivity index (χ0n) is 10.2. The Morgan fingerprint density at radius 1 is 1.33 bits per heavy atom. The van der Waals surface area contributed by atoms with Crippen molar-refractivity contribution in [2.45, 2.75) is 19.9 Å². The number of hydrogen-bond acceptors (Lipinski definition) is 3. The van der Waals surface area contributed by atoms with Crippen LogP contribution in [0.25, 0.3) is 0 Å². The van der Waals surface area contributed by atoms with Gasteiger partial charge in [0.2, 0.25) is 0 Å². The van der Waals surface area contributed by atoms with Crippen molar-refractivity contribution in [3.8, 4) is 6.07 Å². The average Bonchev–Trinajstić information content (AvgIpc) is 2.76. The maximum atomic E-state index is 13.4. The molecule has 2 nitrogen and oxygen atoms in total. The molecule has 0 aliphatic heterocycles. The number of nitrogens with zero attached hydrogens (tertiary/aromatic N) is 1. The number of thiophene rings is 1. The van der Waals surface area contributed by atoms with Gasteiger partial charge in [-0.3, -0.25) is 0 Å². The molecule has 0 fully saturated rings. The molecule has 4 heteroatoms. The van der Waals surface area contributed by atoms with Crippen LogP contribution in [-0.4, -0.2) is 0 Å². The van der Waals surface area contributed by atoms with Gasteiger partial charge >= 0.3 is 0 Å². The second-order valence-electron chi connectivity index (χ2n) is 4.09. The van der Waals surface area contributed by atoms with Crippen LogP contribution in [0.2, 0.25) is 0 Å². The Morgan fingerprint density at radius 3 is 2.72 bits per heavy atom. The van der Waals surface area contributed by atoms with Crippen LogP contribution in [0, 0.1) is 24.1 Å².